The molecule has 2 aromatic rings. The summed E-state index contributed by atoms with van der Waals surface area (Å²) in [5, 5.41) is 2.73. The molecule has 0 aliphatic heterocycles. The van der Waals surface area contributed by atoms with Gasteiger partial charge in [0, 0.05) is 18.8 Å². The fourth-order valence-corrected chi connectivity index (χ4v) is 4.84. The van der Waals surface area contributed by atoms with Gasteiger partial charge in [0.1, 0.15) is 5.82 Å². The summed E-state index contributed by atoms with van der Waals surface area (Å²) < 4.78 is 41.6. The second kappa shape index (κ2) is 9.50. The molecule has 0 unspecified atom stereocenters. The number of benzene rings is 2. The van der Waals surface area contributed by atoms with E-state index in [9.17, 15) is 17.6 Å². The van der Waals surface area contributed by atoms with Crippen LogP contribution < -0.4 is 5.32 Å². The number of aryl methyl sites for hydroxylation is 3. The van der Waals surface area contributed by atoms with Gasteiger partial charge in [0.25, 0.3) is 5.91 Å². The van der Waals surface area contributed by atoms with Gasteiger partial charge in [-0.15, -0.1) is 0 Å². The molecular formula is C22H29FN2O3S. The Balaban J connectivity index is 2.39. The first-order valence-electron chi connectivity index (χ1n) is 9.80. The highest BCUT2D eigenvalue weighted by Gasteiger charge is 2.25. The molecule has 0 aliphatic rings. The van der Waals surface area contributed by atoms with Crippen molar-refractivity contribution in [1.29, 1.82) is 0 Å². The molecule has 158 valence electrons. The Morgan fingerprint density at radius 3 is 2.24 bits per heavy atom. The largest absolute Gasteiger partial charge is 0.321 e. The number of hydrogen-bond donors (Lipinski definition) is 1. The van der Waals surface area contributed by atoms with Crippen LogP contribution in [0.5, 0.6) is 0 Å². The summed E-state index contributed by atoms with van der Waals surface area (Å²) in [6.07, 6.45) is 1.59. The lowest BCUT2D eigenvalue weighted by atomic mass is 10.0. The number of halogens is 1. The predicted molar refractivity (Wildman–Crippen MR) is 114 cm³/mol. The number of sulfonamides is 1. The third kappa shape index (κ3) is 5.22. The highest BCUT2D eigenvalue weighted by molar-refractivity contribution is 7.89. The van der Waals surface area contributed by atoms with E-state index in [0.29, 0.717) is 18.8 Å². The summed E-state index contributed by atoms with van der Waals surface area (Å²) in [6.45, 7) is 10.1. The van der Waals surface area contributed by atoms with Crippen LogP contribution in [0.3, 0.4) is 0 Å². The Kier molecular flexibility index (Phi) is 7.54. The molecule has 0 fully saturated rings. The number of nitrogens with one attached hydrogen (secondary N) is 1. The summed E-state index contributed by atoms with van der Waals surface area (Å²) >= 11 is 0. The minimum absolute atomic E-state index is 0.0839. The maximum Gasteiger partial charge on any atom is 0.258 e. The molecule has 0 atom stereocenters. The highest BCUT2D eigenvalue weighted by Crippen LogP contribution is 2.25. The van der Waals surface area contributed by atoms with Crippen LogP contribution in [0.15, 0.2) is 35.2 Å². The van der Waals surface area contributed by atoms with Crippen LogP contribution in [0, 0.1) is 26.6 Å². The van der Waals surface area contributed by atoms with Crippen molar-refractivity contribution < 1.29 is 17.6 Å². The first-order valence-corrected chi connectivity index (χ1v) is 11.2. The zero-order valence-electron chi connectivity index (χ0n) is 17.7. The minimum atomic E-state index is -3.80. The number of hydrogen-bond acceptors (Lipinski definition) is 3. The van der Waals surface area contributed by atoms with E-state index in [4.69, 9.17) is 0 Å². The van der Waals surface area contributed by atoms with Crippen molar-refractivity contribution in [2.45, 2.75) is 52.4 Å². The average molecular weight is 421 g/mol. The highest BCUT2D eigenvalue weighted by atomic mass is 32.2. The average Bonchev–Trinajstić information content (AvgIpc) is 2.65. The van der Waals surface area contributed by atoms with E-state index in [1.54, 1.807) is 6.92 Å². The monoisotopic (exact) mass is 420 g/mol. The fourth-order valence-electron chi connectivity index (χ4n) is 3.33. The van der Waals surface area contributed by atoms with Crippen molar-refractivity contribution in [2.24, 2.45) is 0 Å². The number of carbonyl (C=O) groups is 1. The molecule has 7 heteroatoms. The van der Waals surface area contributed by atoms with Crippen molar-refractivity contribution in [3.63, 3.8) is 0 Å². The van der Waals surface area contributed by atoms with Gasteiger partial charge in [-0.1, -0.05) is 38.0 Å². The van der Waals surface area contributed by atoms with Crippen LogP contribution in [-0.4, -0.2) is 31.7 Å². The van der Waals surface area contributed by atoms with E-state index >= 15 is 0 Å². The summed E-state index contributed by atoms with van der Waals surface area (Å²) in [6, 6.07) is 7.20. The van der Waals surface area contributed by atoms with Gasteiger partial charge in [0.2, 0.25) is 10.0 Å². The van der Waals surface area contributed by atoms with Crippen LogP contribution in [0.2, 0.25) is 0 Å². The van der Waals surface area contributed by atoms with E-state index < -0.39 is 21.7 Å². The second-order valence-electron chi connectivity index (χ2n) is 7.22. The van der Waals surface area contributed by atoms with Gasteiger partial charge >= 0.3 is 0 Å². The number of nitrogens with zero attached hydrogens (tertiary/aromatic N) is 1. The normalized spacial score (nSPS) is 11.7. The zero-order valence-corrected chi connectivity index (χ0v) is 18.5. The zero-order chi connectivity index (χ0) is 21.8. The third-order valence-corrected chi connectivity index (χ3v) is 6.82. The molecule has 0 radical (unpaired) electrons. The Bertz CT molecular complexity index is 980. The van der Waals surface area contributed by atoms with Gasteiger partial charge in [-0.2, -0.15) is 4.31 Å². The Labute approximate surface area is 173 Å². The topological polar surface area (TPSA) is 66.5 Å². The molecular weight excluding hydrogens is 391 g/mol. The summed E-state index contributed by atoms with van der Waals surface area (Å²) in [5.74, 6) is -1.44. The summed E-state index contributed by atoms with van der Waals surface area (Å²) in [4.78, 5) is 12.7. The van der Waals surface area contributed by atoms with Gasteiger partial charge in [0.15, 0.2) is 0 Å². The minimum Gasteiger partial charge on any atom is -0.321 e. The standard InChI is InChI=1S/C22H29FN2O3S/c1-6-8-11-25(7-2)29(27,28)18-9-10-20(23)19(14-18)22(26)24-21-16(4)12-15(3)13-17(21)5/h9-10,12-14H,6-8,11H2,1-5H3,(H,24,26). The Hall–Kier alpha value is -2.25. The number of carbonyl (C=O) groups excluding carboxylic acids is 1. The van der Waals surface area contributed by atoms with Crippen molar-refractivity contribution in [1.82, 2.24) is 4.31 Å². The van der Waals surface area contributed by atoms with E-state index in [1.165, 1.54) is 10.4 Å². The van der Waals surface area contributed by atoms with Gasteiger partial charge in [-0.25, -0.2) is 12.8 Å². The first kappa shape index (κ1) is 23.0. The predicted octanol–water partition coefficient (Wildman–Crippen LogP) is 4.81. The smallest absolute Gasteiger partial charge is 0.258 e. The number of rotatable bonds is 8. The van der Waals surface area contributed by atoms with Crippen LogP contribution in [0.4, 0.5) is 10.1 Å². The maximum atomic E-state index is 14.4. The van der Waals surface area contributed by atoms with E-state index in [1.807, 2.05) is 39.8 Å². The molecule has 0 saturated heterocycles. The maximum absolute atomic E-state index is 14.4. The molecule has 1 amide bonds. The van der Waals surface area contributed by atoms with E-state index in [2.05, 4.69) is 5.32 Å². The summed E-state index contributed by atoms with van der Waals surface area (Å²) in [7, 11) is -3.80. The van der Waals surface area contributed by atoms with Gasteiger partial charge in [-0.3, -0.25) is 4.79 Å². The molecule has 1 N–H and O–H groups in total. The number of unbranched alkanes of at least 4 members (excludes halogenated alkanes) is 1. The Morgan fingerprint density at radius 1 is 1.07 bits per heavy atom. The lowest BCUT2D eigenvalue weighted by Gasteiger charge is -2.20. The molecule has 5 nitrogen and oxygen atoms in total. The molecule has 2 rings (SSSR count). The van der Waals surface area contributed by atoms with Gasteiger partial charge in [0.05, 0.1) is 10.5 Å². The third-order valence-electron chi connectivity index (χ3n) is 4.85. The second-order valence-corrected chi connectivity index (χ2v) is 9.16. The fraction of sp³-hybridized carbons (Fsp3) is 0.409. The molecule has 0 heterocycles. The molecule has 29 heavy (non-hydrogen) atoms. The van der Waals surface area contributed by atoms with Crippen molar-refractivity contribution in [3.05, 3.63) is 58.4 Å². The molecule has 0 saturated carbocycles. The van der Waals surface area contributed by atoms with E-state index in [-0.39, 0.29) is 10.5 Å². The quantitative estimate of drug-likeness (QED) is 0.666. The van der Waals surface area contributed by atoms with Gasteiger partial charge in [-0.05, 0) is 56.5 Å². The van der Waals surface area contributed by atoms with Gasteiger partial charge < -0.3 is 5.32 Å². The molecule has 2 aromatic carbocycles. The molecule has 0 aromatic heterocycles. The molecule has 0 aliphatic carbocycles. The molecule has 0 bridgehead atoms. The van der Waals surface area contributed by atoms with Crippen LogP contribution >= 0.6 is 0 Å². The molecule has 0 spiro atoms. The van der Waals surface area contributed by atoms with Crippen molar-refractivity contribution in [3.8, 4) is 0 Å². The van der Waals surface area contributed by atoms with E-state index in [0.717, 1.165) is 41.7 Å². The lowest BCUT2D eigenvalue weighted by molar-refractivity contribution is 0.102. The van der Waals surface area contributed by atoms with Crippen LogP contribution in [0.25, 0.3) is 0 Å². The van der Waals surface area contributed by atoms with Crippen molar-refractivity contribution in [2.75, 3.05) is 18.4 Å². The number of amides is 1. The van der Waals surface area contributed by atoms with Crippen LogP contribution in [-0.2, 0) is 10.0 Å². The lowest BCUT2D eigenvalue weighted by Crippen LogP contribution is -2.32. The van der Waals surface area contributed by atoms with Crippen LogP contribution in [0.1, 0.15) is 53.7 Å². The van der Waals surface area contributed by atoms with Crippen molar-refractivity contribution >= 4 is 21.6 Å². The first-order chi connectivity index (χ1) is 13.6. The number of anilines is 1. The summed E-state index contributed by atoms with van der Waals surface area (Å²) in [5.41, 5.74) is 3.08. The SMILES string of the molecule is CCCCN(CC)S(=O)(=O)c1ccc(F)c(C(=O)Nc2c(C)cc(C)cc2C)c1. The Morgan fingerprint density at radius 2 is 1.69 bits per heavy atom.